The van der Waals surface area contributed by atoms with Gasteiger partial charge in [-0.2, -0.15) is 0 Å². The number of rotatable bonds is 3. The van der Waals surface area contributed by atoms with E-state index in [4.69, 9.17) is 4.74 Å². The van der Waals surface area contributed by atoms with Gasteiger partial charge in [0.05, 0.1) is 19.3 Å². The summed E-state index contributed by atoms with van der Waals surface area (Å²) in [6, 6.07) is 7.31. The summed E-state index contributed by atoms with van der Waals surface area (Å²) in [6.07, 6.45) is 0. The Morgan fingerprint density at radius 1 is 1.36 bits per heavy atom. The van der Waals surface area contributed by atoms with Crippen molar-refractivity contribution in [2.45, 2.75) is 19.0 Å². The Morgan fingerprint density at radius 3 is 2.50 bits per heavy atom. The molecule has 1 N–H and O–H groups in total. The molecule has 2 nitrogen and oxygen atoms in total. The smallest absolute Gasteiger partial charge is 0.123 e. The van der Waals surface area contributed by atoms with E-state index in [1.165, 1.54) is 12.1 Å². The van der Waals surface area contributed by atoms with E-state index in [-0.39, 0.29) is 11.9 Å². The molecule has 0 spiro atoms. The highest BCUT2D eigenvalue weighted by Crippen LogP contribution is 2.15. The van der Waals surface area contributed by atoms with E-state index in [0.717, 1.165) is 18.8 Å². The van der Waals surface area contributed by atoms with Crippen LogP contribution < -0.4 is 5.32 Å². The van der Waals surface area contributed by atoms with E-state index in [9.17, 15) is 4.39 Å². The fraction of sp³-hybridized carbons (Fsp3) is 0.455. The summed E-state index contributed by atoms with van der Waals surface area (Å²) in [5, 5.41) is 3.40. The van der Waals surface area contributed by atoms with Gasteiger partial charge in [-0.25, -0.2) is 4.39 Å². The molecule has 3 heteroatoms. The molecule has 2 rings (SSSR count). The molecule has 14 heavy (non-hydrogen) atoms. The molecule has 0 amide bonds. The van der Waals surface area contributed by atoms with Crippen LogP contribution in [0.5, 0.6) is 0 Å². The topological polar surface area (TPSA) is 21.3 Å². The lowest BCUT2D eigenvalue weighted by Gasteiger charge is -2.30. The van der Waals surface area contributed by atoms with Crippen LogP contribution in [0.4, 0.5) is 4.39 Å². The van der Waals surface area contributed by atoms with Crippen LogP contribution in [0.1, 0.15) is 18.5 Å². The third-order valence-corrected chi connectivity index (χ3v) is 2.49. The van der Waals surface area contributed by atoms with Crippen molar-refractivity contribution in [3.8, 4) is 0 Å². The molecule has 1 aromatic rings. The SMILES string of the molecule is C[C@@H](NC1COC1)c1ccc(F)cc1. The quantitative estimate of drug-likeness (QED) is 0.795. The molecule has 0 saturated carbocycles. The molecule has 0 unspecified atom stereocenters. The summed E-state index contributed by atoms with van der Waals surface area (Å²) in [6.45, 7) is 3.64. The van der Waals surface area contributed by atoms with Crippen LogP contribution in [0.3, 0.4) is 0 Å². The van der Waals surface area contributed by atoms with Crippen molar-refractivity contribution < 1.29 is 9.13 Å². The largest absolute Gasteiger partial charge is 0.378 e. The third kappa shape index (κ3) is 2.11. The van der Waals surface area contributed by atoms with Crippen molar-refractivity contribution in [2.24, 2.45) is 0 Å². The van der Waals surface area contributed by atoms with E-state index in [1.54, 1.807) is 0 Å². The minimum Gasteiger partial charge on any atom is -0.378 e. The highest BCUT2D eigenvalue weighted by atomic mass is 19.1. The average molecular weight is 195 g/mol. The van der Waals surface area contributed by atoms with Gasteiger partial charge in [0.1, 0.15) is 5.82 Å². The number of hydrogen-bond acceptors (Lipinski definition) is 2. The van der Waals surface area contributed by atoms with Gasteiger partial charge in [-0.05, 0) is 24.6 Å². The molecule has 0 aromatic heterocycles. The molecule has 0 aliphatic carbocycles. The number of halogens is 1. The fourth-order valence-corrected chi connectivity index (χ4v) is 1.53. The second-order valence-corrected chi connectivity index (χ2v) is 3.67. The predicted octanol–water partition coefficient (Wildman–Crippen LogP) is 1.88. The molecule has 0 radical (unpaired) electrons. The molecule has 1 heterocycles. The van der Waals surface area contributed by atoms with Crippen LogP contribution in [0.2, 0.25) is 0 Å². The van der Waals surface area contributed by atoms with Crippen LogP contribution in [-0.4, -0.2) is 19.3 Å². The van der Waals surface area contributed by atoms with E-state index in [2.05, 4.69) is 12.2 Å². The zero-order valence-electron chi connectivity index (χ0n) is 8.16. The van der Waals surface area contributed by atoms with Crippen LogP contribution in [0.15, 0.2) is 24.3 Å². The molecular formula is C11H14FNO. The van der Waals surface area contributed by atoms with Crippen molar-refractivity contribution in [3.63, 3.8) is 0 Å². The number of hydrogen-bond donors (Lipinski definition) is 1. The van der Waals surface area contributed by atoms with Crippen LogP contribution in [0, 0.1) is 5.82 Å². The maximum absolute atomic E-state index is 12.6. The molecule has 76 valence electrons. The van der Waals surface area contributed by atoms with Crippen molar-refractivity contribution in [3.05, 3.63) is 35.6 Å². The van der Waals surface area contributed by atoms with E-state index >= 15 is 0 Å². The highest BCUT2D eigenvalue weighted by Gasteiger charge is 2.20. The van der Waals surface area contributed by atoms with Crippen molar-refractivity contribution in [1.29, 1.82) is 0 Å². The van der Waals surface area contributed by atoms with Gasteiger partial charge < -0.3 is 10.1 Å². The molecule has 1 aliphatic heterocycles. The highest BCUT2D eigenvalue weighted by molar-refractivity contribution is 5.19. The van der Waals surface area contributed by atoms with Gasteiger partial charge >= 0.3 is 0 Å². The molecule has 1 fully saturated rings. The summed E-state index contributed by atoms with van der Waals surface area (Å²) in [4.78, 5) is 0. The van der Waals surface area contributed by atoms with Gasteiger partial charge in [0, 0.05) is 6.04 Å². The van der Waals surface area contributed by atoms with Crippen molar-refractivity contribution >= 4 is 0 Å². The summed E-state index contributed by atoms with van der Waals surface area (Å²) in [5.74, 6) is -0.187. The van der Waals surface area contributed by atoms with Gasteiger partial charge in [0.2, 0.25) is 0 Å². The lowest BCUT2D eigenvalue weighted by molar-refractivity contribution is -0.00925. The number of benzene rings is 1. The van der Waals surface area contributed by atoms with Crippen molar-refractivity contribution in [1.82, 2.24) is 5.32 Å². The van der Waals surface area contributed by atoms with Gasteiger partial charge in [0.15, 0.2) is 0 Å². The molecule has 1 atom stereocenters. The molecule has 1 saturated heterocycles. The minimum absolute atomic E-state index is 0.187. The Bertz CT molecular complexity index is 295. The van der Waals surface area contributed by atoms with Gasteiger partial charge in [-0.3, -0.25) is 0 Å². The Kier molecular flexibility index (Phi) is 2.79. The van der Waals surface area contributed by atoms with Crippen LogP contribution in [-0.2, 0) is 4.74 Å². The number of ether oxygens (including phenoxy) is 1. The Morgan fingerprint density at radius 2 is 2.00 bits per heavy atom. The minimum atomic E-state index is -0.187. The van der Waals surface area contributed by atoms with Crippen LogP contribution >= 0.6 is 0 Å². The monoisotopic (exact) mass is 195 g/mol. The third-order valence-electron chi connectivity index (χ3n) is 2.49. The zero-order valence-corrected chi connectivity index (χ0v) is 8.16. The lowest BCUT2D eigenvalue weighted by Crippen LogP contribution is -2.46. The number of nitrogens with one attached hydrogen (secondary N) is 1. The summed E-state index contributed by atoms with van der Waals surface area (Å²) in [7, 11) is 0. The zero-order chi connectivity index (χ0) is 9.97. The first-order chi connectivity index (χ1) is 6.75. The molecule has 1 aliphatic rings. The van der Waals surface area contributed by atoms with Gasteiger partial charge in [-0.1, -0.05) is 12.1 Å². The summed E-state index contributed by atoms with van der Waals surface area (Å²) in [5.41, 5.74) is 1.11. The first-order valence-electron chi connectivity index (χ1n) is 4.85. The normalized spacial score (nSPS) is 19.0. The lowest BCUT2D eigenvalue weighted by atomic mass is 10.1. The summed E-state index contributed by atoms with van der Waals surface area (Å²) < 4.78 is 17.7. The predicted molar refractivity (Wildman–Crippen MR) is 52.6 cm³/mol. The first kappa shape index (κ1) is 9.62. The van der Waals surface area contributed by atoms with Crippen LogP contribution in [0.25, 0.3) is 0 Å². The fourth-order valence-electron chi connectivity index (χ4n) is 1.53. The Balaban J connectivity index is 1.95. The molecule has 0 bridgehead atoms. The average Bonchev–Trinajstić information content (AvgIpc) is 2.12. The van der Waals surface area contributed by atoms with Crippen molar-refractivity contribution in [2.75, 3.05) is 13.2 Å². The molecule has 1 aromatic carbocycles. The van der Waals surface area contributed by atoms with E-state index in [0.29, 0.717) is 6.04 Å². The van der Waals surface area contributed by atoms with E-state index in [1.807, 2.05) is 12.1 Å². The standard InChI is InChI=1S/C11H14FNO/c1-8(13-11-6-14-7-11)9-2-4-10(12)5-3-9/h2-5,8,11,13H,6-7H2,1H3/t8-/m1/s1. The van der Waals surface area contributed by atoms with Gasteiger partial charge in [-0.15, -0.1) is 0 Å². The molecular weight excluding hydrogens is 181 g/mol. The Hall–Kier alpha value is -0.930. The maximum atomic E-state index is 12.6. The Labute approximate surface area is 83.1 Å². The first-order valence-corrected chi connectivity index (χ1v) is 4.85. The second-order valence-electron chi connectivity index (χ2n) is 3.67. The van der Waals surface area contributed by atoms with E-state index < -0.39 is 0 Å². The second kappa shape index (κ2) is 4.07. The maximum Gasteiger partial charge on any atom is 0.123 e. The summed E-state index contributed by atoms with van der Waals surface area (Å²) >= 11 is 0. The van der Waals surface area contributed by atoms with Gasteiger partial charge in [0.25, 0.3) is 0 Å².